The zero-order valence-corrected chi connectivity index (χ0v) is 11.2. The number of likely N-dealkylation sites (tertiary alicyclic amines) is 1. The van der Waals surface area contributed by atoms with Gasteiger partial charge in [-0.25, -0.2) is 8.42 Å². The van der Waals surface area contributed by atoms with Crippen molar-refractivity contribution in [1.82, 2.24) is 10.2 Å². The minimum absolute atomic E-state index is 0.324. The second-order valence-corrected chi connectivity index (χ2v) is 6.86. The van der Waals surface area contributed by atoms with Crippen molar-refractivity contribution >= 4 is 9.84 Å². The first-order valence-electron chi connectivity index (χ1n) is 6.17. The van der Waals surface area contributed by atoms with Crippen LogP contribution >= 0.6 is 0 Å². The van der Waals surface area contributed by atoms with E-state index in [1.165, 1.54) is 0 Å². The lowest BCUT2D eigenvalue weighted by molar-refractivity contribution is 0.211. The third-order valence-electron chi connectivity index (χ3n) is 3.23. The van der Waals surface area contributed by atoms with Gasteiger partial charge in [0.1, 0.15) is 0 Å². The van der Waals surface area contributed by atoms with Gasteiger partial charge in [0, 0.05) is 18.3 Å². The van der Waals surface area contributed by atoms with E-state index >= 15 is 0 Å². The van der Waals surface area contributed by atoms with Crippen molar-refractivity contribution < 1.29 is 8.42 Å². The first kappa shape index (κ1) is 13.9. The molecule has 0 aromatic carbocycles. The van der Waals surface area contributed by atoms with Gasteiger partial charge in [-0.05, 0) is 39.4 Å². The summed E-state index contributed by atoms with van der Waals surface area (Å²) in [5.41, 5.74) is 0. The second-order valence-electron chi connectivity index (χ2n) is 4.56. The van der Waals surface area contributed by atoms with Crippen LogP contribution in [0.5, 0.6) is 0 Å². The number of sulfone groups is 1. The van der Waals surface area contributed by atoms with Crippen LogP contribution in [-0.4, -0.2) is 57.5 Å². The molecule has 4 nitrogen and oxygen atoms in total. The van der Waals surface area contributed by atoms with E-state index < -0.39 is 9.84 Å². The molecule has 0 atom stereocenters. The number of hydrogen-bond donors (Lipinski definition) is 1. The van der Waals surface area contributed by atoms with Crippen molar-refractivity contribution in [2.45, 2.75) is 32.2 Å². The minimum atomic E-state index is -2.81. The van der Waals surface area contributed by atoms with E-state index in [1.807, 2.05) is 14.0 Å². The fourth-order valence-electron chi connectivity index (χ4n) is 2.13. The highest BCUT2D eigenvalue weighted by Gasteiger charge is 2.19. The molecule has 0 unspecified atom stereocenters. The van der Waals surface area contributed by atoms with Crippen molar-refractivity contribution in [3.05, 3.63) is 0 Å². The van der Waals surface area contributed by atoms with E-state index in [1.54, 1.807) is 0 Å². The van der Waals surface area contributed by atoms with Gasteiger partial charge in [0.05, 0.1) is 5.75 Å². The highest BCUT2D eigenvalue weighted by atomic mass is 32.2. The van der Waals surface area contributed by atoms with Gasteiger partial charge in [-0.2, -0.15) is 0 Å². The van der Waals surface area contributed by atoms with Gasteiger partial charge in [0.15, 0.2) is 9.84 Å². The zero-order chi connectivity index (χ0) is 12.0. The largest absolute Gasteiger partial charge is 0.317 e. The second kappa shape index (κ2) is 6.57. The lowest BCUT2D eigenvalue weighted by Gasteiger charge is -2.31. The molecule has 1 saturated heterocycles. The fourth-order valence-corrected chi connectivity index (χ4v) is 3.49. The molecule has 0 aliphatic carbocycles. The quantitative estimate of drug-likeness (QED) is 0.743. The Kier molecular flexibility index (Phi) is 5.72. The van der Waals surface area contributed by atoms with Crippen LogP contribution in [0.1, 0.15) is 26.2 Å². The maximum Gasteiger partial charge on any atom is 0.151 e. The minimum Gasteiger partial charge on any atom is -0.317 e. The molecule has 0 spiro atoms. The van der Waals surface area contributed by atoms with Crippen LogP contribution in [0.3, 0.4) is 0 Å². The molecule has 1 aliphatic rings. The Morgan fingerprint density at radius 1 is 1.25 bits per heavy atom. The summed E-state index contributed by atoms with van der Waals surface area (Å²) in [4.78, 5) is 2.26. The van der Waals surface area contributed by atoms with Gasteiger partial charge < -0.3 is 10.2 Å². The molecule has 0 amide bonds. The highest BCUT2D eigenvalue weighted by molar-refractivity contribution is 7.91. The van der Waals surface area contributed by atoms with Crippen LogP contribution in [0.2, 0.25) is 0 Å². The van der Waals surface area contributed by atoms with Crippen molar-refractivity contribution in [2.24, 2.45) is 0 Å². The van der Waals surface area contributed by atoms with Crippen LogP contribution < -0.4 is 5.32 Å². The van der Waals surface area contributed by atoms with Crippen LogP contribution in [0, 0.1) is 0 Å². The Bertz CT molecular complexity index is 282. The highest BCUT2D eigenvalue weighted by Crippen LogP contribution is 2.09. The Hall–Kier alpha value is -0.130. The normalized spacial score (nSPS) is 20.1. The molecule has 0 aromatic heterocycles. The molecule has 16 heavy (non-hydrogen) atoms. The van der Waals surface area contributed by atoms with E-state index in [2.05, 4.69) is 10.2 Å². The molecule has 96 valence electrons. The third-order valence-corrected chi connectivity index (χ3v) is 5.06. The first-order chi connectivity index (χ1) is 7.57. The maximum absolute atomic E-state index is 11.6. The van der Waals surface area contributed by atoms with E-state index in [9.17, 15) is 8.42 Å². The van der Waals surface area contributed by atoms with Gasteiger partial charge in [0.2, 0.25) is 0 Å². The Labute approximate surface area is 99.3 Å². The number of hydrogen-bond acceptors (Lipinski definition) is 4. The van der Waals surface area contributed by atoms with Gasteiger partial charge in [-0.1, -0.05) is 6.92 Å². The molecule has 5 heteroatoms. The molecule has 1 heterocycles. The van der Waals surface area contributed by atoms with E-state index in [0.717, 1.165) is 32.4 Å². The standard InChI is InChI=1S/C11H24N2O2S/c1-3-9-16(14,15)10-8-13-6-4-11(12-2)5-7-13/h11-12H,3-10H2,1-2H3. The van der Waals surface area contributed by atoms with E-state index in [0.29, 0.717) is 24.1 Å². The van der Waals surface area contributed by atoms with Crippen LogP contribution in [0.4, 0.5) is 0 Å². The summed E-state index contributed by atoms with van der Waals surface area (Å²) in [5.74, 6) is 0.658. The molecule has 1 aliphatic heterocycles. The molecule has 0 aromatic rings. The number of rotatable bonds is 6. The van der Waals surface area contributed by atoms with Gasteiger partial charge in [-0.3, -0.25) is 0 Å². The molecule has 1 N–H and O–H groups in total. The van der Waals surface area contributed by atoms with Crippen molar-refractivity contribution in [3.8, 4) is 0 Å². The van der Waals surface area contributed by atoms with E-state index in [4.69, 9.17) is 0 Å². The molecule has 1 rings (SSSR count). The Morgan fingerprint density at radius 2 is 1.88 bits per heavy atom. The average molecular weight is 248 g/mol. The predicted molar refractivity (Wildman–Crippen MR) is 67.5 cm³/mol. The summed E-state index contributed by atoms with van der Waals surface area (Å²) in [6, 6.07) is 0.614. The third kappa shape index (κ3) is 4.80. The molecular formula is C11H24N2O2S. The van der Waals surface area contributed by atoms with Crippen LogP contribution in [-0.2, 0) is 9.84 Å². The Morgan fingerprint density at radius 3 is 2.38 bits per heavy atom. The van der Waals surface area contributed by atoms with E-state index in [-0.39, 0.29) is 0 Å². The molecule has 1 fully saturated rings. The summed E-state index contributed by atoms with van der Waals surface area (Å²) < 4.78 is 23.1. The summed E-state index contributed by atoms with van der Waals surface area (Å²) in [5, 5.41) is 3.27. The first-order valence-corrected chi connectivity index (χ1v) is 7.99. The zero-order valence-electron chi connectivity index (χ0n) is 10.4. The predicted octanol–water partition coefficient (Wildman–Crippen LogP) is 0.495. The lowest BCUT2D eigenvalue weighted by atomic mass is 10.1. The monoisotopic (exact) mass is 248 g/mol. The molecular weight excluding hydrogens is 224 g/mol. The number of piperidine rings is 1. The smallest absolute Gasteiger partial charge is 0.151 e. The van der Waals surface area contributed by atoms with Crippen molar-refractivity contribution in [3.63, 3.8) is 0 Å². The lowest BCUT2D eigenvalue weighted by Crippen LogP contribution is -2.42. The van der Waals surface area contributed by atoms with Crippen molar-refractivity contribution in [1.29, 1.82) is 0 Å². The summed E-state index contributed by atoms with van der Waals surface area (Å²) in [6.07, 6.45) is 2.98. The molecule has 0 saturated carbocycles. The van der Waals surface area contributed by atoms with Crippen LogP contribution in [0.15, 0.2) is 0 Å². The van der Waals surface area contributed by atoms with Gasteiger partial charge >= 0.3 is 0 Å². The summed E-state index contributed by atoms with van der Waals surface area (Å²) in [7, 11) is -0.815. The molecule has 0 bridgehead atoms. The van der Waals surface area contributed by atoms with Gasteiger partial charge in [-0.15, -0.1) is 0 Å². The number of nitrogens with one attached hydrogen (secondary N) is 1. The Balaban J connectivity index is 2.24. The maximum atomic E-state index is 11.6. The topological polar surface area (TPSA) is 49.4 Å². The SMILES string of the molecule is CCCS(=O)(=O)CCN1CCC(NC)CC1. The average Bonchev–Trinajstić information content (AvgIpc) is 2.27. The summed E-state index contributed by atoms with van der Waals surface area (Å²) >= 11 is 0. The number of nitrogens with zero attached hydrogens (tertiary/aromatic N) is 1. The fraction of sp³-hybridized carbons (Fsp3) is 1.00. The van der Waals surface area contributed by atoms with Gasteiger partial charge in [0.25, 0.3) is 0 Å². The summed E-state index contributed by atoms with van der Waals surface area (Å²) in [6.45, 7) is 4.66. The van der Waals surface area contributed by atoms with Crippen molar-refractivity contribution in [2.75, 3.05) is 38.2 Å². The molecule has 0 radical (unpaired) electrons. The van der Waals surface area contributed by atoms with Crippen LogP contribution in [0.25, 0.3) is 0 Å².